The van der Waals surface area contributed by atoms with E-state index in [1.807, 2.05) is 13.0 Å². The molecule has 1 rings (SSSR count). The predicted molar refractivity (Wildman–Crippen MR) is 118 cm³/mol. The Balaban J connectivity index is 2.32. The zero-order valence-electron chi connectivity index (χ0n) is 18.4. The van der Waals surface area contributed by atoms with Crippen LogP contribution in [0.4, 0.5) is 0 Å². The van der Waals surface area contributed by atoms with Crippen LogP contribution in [0.3, 0.4) is 0 Å². The lowest BCUT2D eigenvalue weighted by Crippen LogP contribution is -2.22. The van der Waals surface area contributed by atoms with E-state index in [2.05, 4.69) is 17.1 Å². The lowest BCUT2D eigenvalue weighted by molar-refractivity contribution is -0.148. The van der Waals surface area contributed by atoms with Crippen molar-refractivity contribution in [2.75, 3.05) is 6.61 Å². The van der Waals surface area contributed by atoms with Crippen LogP contribution in [-0.2, 0) is 9.53 Å². The van der Waals surface area contributed by atoms with Crippen LogP contribution < -0.4 is 0 Å². The van der Waals surface area contributed by atoms with Gasteiger partial charge >= 0.3 is 5.97 Å². The number of hydrogen-bond acceptors (Lipinski definition) is 5. The third-order valence-corrected chi connectivity index (χ3v) is 5.33. The molecule has 0 aliphatic heterocycles. The minimum atomic E-state index is -0.278. The van der Waals surface area contributed by atoms with Gasteiger partial charge in [-0.15, -0.1) is 0 Å². The number of ether oxygens (including phenoxy) is 1. The predicted octanol–water partition coefficient (Wildman–Crippen LogP) is 6.53. The third-order valence-electron chi connectivity index (χ3n) is 5.33. The molecule has 0 saturated carbocycles. The van der Waals surface area contributed by atoms with Gasteiger partial charge in [-0.05, 0) is 25.5 Å². The van der Waals surface area contributed by atoms with Crippen LogP contribution in [0, 0.1) is 5.92 Å². The van der Waals surface area contributed by atoms with Crippen molar-refractivity contribution in [2.24, 2.45) is 11.1 Å². The molecule has 0 aliphatic rings. The number of oxime groups is 1. The Hall–Kier alpha value is -1.91. The maximum atomic E-state index is 12.4. The molecular weight excluding hydrogens is 364 g/mol. The number of aromatic nitrogens is 1. The van der Waals surface area contributed by atoms with Gasteiger partial charge in [-0.25, -0.2) is 0 Å². The smallest absolute Gasteiger partial charge is 0.309 e. The molecule has 1 atom stereocenters. The highest BCUT2D eigenvalue weighted by atomic mass is 16.5. The van der Waals surface area contributed by atoms with Gasteiger partial charge < -0.3 is 9.94 Å². The van der Waals surface area contributed by atoms with Crippen LogP contribution in [0.25, 0.3) is 0 Å². The van der Waals surface area contributed by atoms with Gasteiger partial charge in [-0.2, -0.15) is 0 Å². The first-order chi connectivity index (χ1) is 14.2. The van der Waals surface area contributed by atoms with Crippen molar-refractivity contribution in [1.29, 1.82) is 0 Å². The van der Waals surface area contributed by atoms with Crippen molar-refractivity contribution in [2.45, 2.75) is 97.3 Å². The molecular formula is C24H40N2O3. The van der Waals surface area contributed by atoms with Gasteiger partial charge in [0.2, 0.25) is 0 Å². The summed E-state index contributed by atoms with van der Waals surface area (Å²) in [5, 5.41) is 12.8. The first-order valence-electron chi connectivity index (χ1n) is 11.5. The summed E-state index contributed by atoms with van der Waals surface area (Å²) in [5.41, 5.74) is 1.22. The Kier molecular flexibility index (Phi) is 14.7. The molecule has 1 aromatic rings. The van der Waals surface area contributed by atoms with E-state index in [0.717, 1.165) is 24.8 Å². The van der Waals surface area contributed by atoms with Crippen LogP contribution in [0.1, 0.15) is 103 Å². The van der Waals surface area contributed by atoms with E-state index < -0.39 is 0 Å². The highest BCUT2D eigenvalue weighted by Crippen LogP contribution is 2.20. The molecule has 29 heavy (non-hydrogen) atoms. The summed E-state index contributed by atoms with van der Waals surface area (Å²) >= 11 is 0. The van der Waals surface area contributed by atoms with Crippen molar-refractivity contribution >= 4 is 11.7 Å². The fourth-order valence-electron chi connectivity index (χ4n) is 3.60. The summed E-state index contributed by atoms with van der Waals surface area (Å²) in [6.45, 7) is 4.44. The lowest BCUT2D eigenvalue weighted by Gasteiger charge is -2.16. The first-order valence-corrected chi connectivity index (χ1v) is 11.5. The van der Waals surface area contributed by atoms with Crippen LogP contribution in [0.5, 0.6) is 0 Å². The van der Waals surface area contributed by atoms with E-state index in [1.165, 1.54) is 57.8 Å². The van der Waals surface area contributed by atoms with E-state index in [0.29, 0.717) is 18.7 Å². The van der Waals surface area contributed by atoms with Gasteiger partial charge in [-0.1, -0.05) is 82.7 Å². The van der Waals surface area contributed by atoms with Gasteiger partial charge in [0.25, 0.3) is 0 Å². The van der Waals surface area contributed by atoms with Crippen molar-refractivity contribution in [3.05, 3.63) is 30.1 Å². The number of unbranched alkanes of at least 4 members (excludes halogenated alkanes) is 10. The Morgan fingerprint density at radius 3 is 2.17 bits per heavy atom. The highest BCUT2D eigenvalue weighted by Gasteiger charge is 2.23. The van der Waals surface area contributed by atoms with Crippen molar-refractivity contribution < 1.29 is 14.7 Å². The average Bonchev–Trinajstić information content (AvgIpc) is 2.75. The second-order valence-electron chi connectivity index (χ2n) is 7.77. The van der Waals surface area contributed by atoms with Crippen molar-refractivity contribution in [1.82, 2.24) is 4.98 Å². The molecule has 1 N–H and O–H groups in total. The van der Waals surface area contributed by atoms with Gasteiger partial charge in [0.1, 0.15) is 0 Å². The number of carbonyl (C=O) groups excluding carboxylic acids is 1. The van der Waals surface area contributed by atoms with Crippen LogP contribution >= 0.6 is 0 Å². The van der Waals surface area contributed by atoms with E-state index in [-0.39, 0.29) is 11.9 Å². The quantitative estimate of drug-likeness (QED) is 0.105. The molecule has 0 radical (unpaired) electrons. The molecule has 5 nitrogen and oxygen atoms in total. The lowest BCUT2D eigenvalue weighted by atomic mass is 9.92. The van der Waals surface area contributed by atoms with E-state index >= 15 is 0 Å². The fourth-order valence-corrected chi connectivity index (χ4v) is 3.60. The molecule has 0 amide bonds. The number of pyridine rings is 1. The maximum Gasteiger partial charge on any atom is 0.309 e. The number of rotatable bonds is 17. The summed E-state index contributed by atoms with van der Waals surface area (Å²) in [6, 6.07) is 3.64. The normalized spacial score (nSPS) is 12.7. The number of esters is 1. The molecule has 1 heterocycles. The van der Waals surface area contributed by atoms with E-state index in [1.54, 1.807) is 18.5 Å². The zero-order chi connectivity index (χ0) is 21.2. The third kappa shape index (κ3) is 11.6. The van der Waals surface area contributed by atoms with Crippen LogP contribution in [-0.4, -0.2) is 28.5 Å². The zero-order valence-corrected chi connectivity index (χ0v) is 18.4. The minimum Gasteiger partial charge on any atom is -0.466 e. The van der Waals surface area contributed by atoms with Gasteiger partial charge in [0.05, 0.1) is 18.2 Å². The van der Waals surface area contributed by atoms with Crippen LogP contribution in [0.15, 0.2) is 29.7 Å². The second kappa shape index (κ2) is 17.0. The van der Waals surface area contributed by atoms with E-state index in [4.69, 9.17) is 4.74 Å². The molecule has 0 spiro atoms. The van der Waals surface area contributed by atoms with Crippen molar-refractivity contribution in [3.8, 4) is 0 Å². The first kappa shape index (κ1) is 25.1. The monoisotopic (exact) mass is 404 g/mol. The summed E-state index contributed by atoms with van der Waals surface area (Å²) in [5.74, 6) is -0.482. The fraction of sp³-hybridized carbons (Fsp3) is 0.708. The largest absolute Gasteiger partial charge is 0.466 e. The summed E-state index contributed by atoms with van der Waals surface area (Å²) in [4.78, 5) is 16.4. The van der Waals surface area contributed by atoms with Gasteiger partial charge in [-0.3, -0.25) is 9.78 Å². The van der Waals surface area contributed by atoms with Gasteiger partial charge in [0, 0.05) is 24.4 Å². The molecule has 0 fully saturated rings. The topological polar surface area (TPSA) is 71.8 Å². The molecule has 1 unspecified atom stereocenters. The Bertz CT molecular complexity index is 561. The van der Waals surface area contributed by atoms with Gasteiger partial charge in [0.15, 0.2) is 0 Å². The summed E-state index contributed by atoms with van der Waals surface area (Å²) in [7, 11) is 0. The number of nitrogens with zero attached hydrogens (tertiary/aromatic N) is 2. The Morgan fingerprint density at radius 2 is 1.66 bits per heavy atom. The van der Waals surface area contributed by atoms with E-state index in [9.17, 15) is 10.0 Å². The minimum absolute atomic E-state index is 0.204. The molecule has 0 saturated heterocycles. The Labute approximate surface area is 177 Å². The molecule has 164 valence electrons. The maximum absolute atomic E-state index is 12.4. The standard InChI is InChI=1S/C24H40N2O3/c1-3-5-6-7-8-9-10-11-12-13-14-16-21(24(27)29-4-2)19-23(26-28)22-17-15-18-25-20-22/h15,17-18,20-21,28H,3-14,16,19H2,1-2H3. The molecule has 0 aromatic carbocycles. The number of hydrogen-bond donors (Lipinski definition) is 1. The van der Waals surface area contributed by atoms with Crippen LogP contribution in [0.2, 0.25) is 0 Å². The molecule has 1 aromatic heterocycles. The molecule has 0 aliphatic carbocycles. The summed E-state index contributed by atoms with van der Waals surface area (Å²) < 4.78 is 5.24. The molecule has 5 heteroatoms. The second-order valence-corrected chi connectivity index (χ2v) is 7.77. The number of carbonyl (C=O) groups is 1. The molecule has 0 bridgehead atoms. The SMILES string of the molecule is CCCCCCCCCCCCCC(CC(=NO)c1cccnc1)C(=O)OCC. The summed E-state index contributed by atoms with van der Waals surface area (Å²) in [6.07, 6.45) is 18.5. The Morgan fingerprint density at radius 1 is 1.03 bits per heavy atom. The average molecular weight is 405 g/mol. The highest BCUT2D eigenvalue weighted by molar-refractivity contribution is 6.01. The van der Waals surface area contributed by atoms with Crippen molar-refractivity contribution in [3.63, 3.8) is 0 Å².